The van der Waals surface area contributed by atoms with Gasteiger partial charge in [0.1, 0.15) is 5.82 Å². The topological polar surface area (TPSA) is 89.6 Å². The van der Waals surface area contributed by atoms with Crippen LogP contribution < -0.4 is 0 Å². The number of esters is 1. The molecule has 3 aromatic rings. The molecule has 0 saturated carbocycles. The second-order valence-electron chi connectivity index (χ2n) is 7.68. The molecule has 0 aliphatic carbocycles. The Labute approximate surface area is 164 Å². The number of aliphatic hydroxyl groups excluding tert-OH is 1. The molecule has 28 heavy (non-hydrogen) atoms. The average molecular weight is 382 g/mol. The highest BCUT2D eigenvalue weighted by molar-refractivity contribution is 5.78. The van der Waals surface area contributed by atoms with Crippen molar-refractivity contribution in [2.24, 2.45) is 5.41 Å². The van der Waals surface area contributed by atoms with Crippen LogP contribution >= 0.6 is 0 Å². The van der Waals surface area contributed by atoms with Gasteiger partial charge >= 0.3 is 5.97 Å². The van der Waals surface area contributed by atoms with E-state index < -0.39 is 5.41 Å². The fourth-order valence-electron chi connectivity index (χ4n) is 3.74. The first-order valence-electron chi connectivity index (χ1n) is 9.17. The minimum absolute atomic E-state index is 0.0892. The van der Waals surface area contributed by atoms with Gasteiger partial charge in [-0.2, -0.15) is 0 Å². The van der Waals surface area contributed by atoms with Crippen LogP contribution in [0.4, 0.5) is 0 Å². The SMILES string of the molecule is COC(=O)C(C)(C)C(c1cc(CO)c(C)cn1)c1ccn2c(C)nnc2c1C. The van der Waals surface area contributed by atoms with Crippen molar-refractivity contribution >= 4 is 11.6 Å². The molecular weight excluding hydrogens is 356 g/mol. The zero-order valence-corrected chi connectivity index (χ0v) is 17.1. The normalized spacial score (nSPS) is 13.0. The zero-order valence-electron chi connectivity index (χ0n) is 17.1. The van der Waals surface area contributed by atoms with Crippen molar-refractivity contribution in [1.29, 1.82) is 0 Å². The minimum Gasteiger partial charge on any atom is -0.469 e. The number of carbonyl (C=O) groups excluding carboxylic acids is 1. The number of aryl methyl sites for hydroxylation is 3. The van der Waals surface area contributed by atoms with E-state index in [9.17, 15) is 9.90 Å². The average Bonchev–Trinajstić information content (AvgIpc) is 3.05. The van der Waals surface area contributed by atoms with Gasteiger partial charge in [0.15, 0.2) is 5.65 Å². The fourth-order valence-corrected chi connectivity index (χ4v) is 3.74. The molecule has 0 spiro atoms. The van der Waals surface area contributed by atoms with Gasteiger partial charge in [-0.15, -0.1) is 10.2 Å². The number of rotatable bonds is 5. The summed E-state index contributed by atoms with van der Waals surface area (Å²) in [4.78, 5) is 17.3. The summed E-state index contributed by atoms with van der Waals surface area (Å²) in [6.45, 7) is 9.38. The number of methoxy groups -OCH3 is 1. The van der Waals surface area contributed by atoms with Crippen LogP contribution in [0, 0.1) is 26.2 Å². The third-order valence-electron chi connectivity index (χ3n) is 5.48. The largest absolute Gasteiger partial charge is 0.469 e. The Morgan fingerprint density at radius 1 is 1.29 bits per heavy atom. The lowest BCUT2D eigenvalue weighted by molar-refractivity contribution is -0.151. The molecule has 0 aliphatic heterocycles. The fraction of sp³-hybridized carbons (Fsp3) is 0.429. The molecule has 3 heterocycles. The number of hydrogen-bond donors (Lipinski definition) is 1. The first-order valence-corrected chi connectivity index (χ1v) is 9.17. The molecule has 1 unspecified atom stereocenters. The smallest absolute Gasteiger partial charge is 0.312 e. The van der Waals surface area contributed by atoms with E-state index in [1.54, 1.807) is 6.20 Å². The van der Waals surface area contributed by atoms with Gasteiger partial charge in [-0.25, -0.2) is 0 Å². The molecule has 1 atom stereocenters. The van der Waals surface area contributed by atoms with Crippen molar-refractivity contribution in [3.8, 4) is 0 Å². The number of nitrogens with zero attached hydrogens (tertiary/aromatic N) is 4. The van der Waals surface area contributed by atoms with Crippen LogP contribution in [0.5, 0.6) is 0 Å². The van der Waals surface area contributed by atoms with Crippen molar-refractivity contribution in [2.75, 3.05) is 7.11 Å². The molecule has 0 aliphatic rings. The monoisotopic (exact) mass is 382 g/mol. The number of fused-ring (bicyclic) bond motifs is 1. The van der Waals surface area contributed by atoms with Crippen molar-refractivity contribution in [3.05, 3.63) is 58.3 Å². The first kappa shape index (κ1) is 19.9. The zero-order chi connectivity index (χ0) is 20.6. The Morgan fingerprint density at radius 2 is 2.00 bits per heavy atom. The van der Waals surface area contributed by atoms with Gasteiger partial charge in [-0.3, -0.25) is 14.2 Å². The maximum Gasteiger partial charge on any atom is 0.312 e. The summed E-state index contributed by atoms with van der Waals surface area (Å²) in [7, 11) is 1.39. The Hall–Kier alpha value is -2.80. The van der Waals surface area contributed by atoms with E-state index in [0.29, 0.717) is 5.69 Å². The Balaban J connectivity index is 2.28. The second-order valence-corrected chi connectivity index (χ2v) is 7.68. The summed E-state index contributed by atoms with van der Waals surface area (Å²) < 4.78 is 7.02. The van der Waals surface area contributed by atoms with Gasteiger partial charge in [0, 0.05) is 24.0 Å². The molecule has 0 bridgehead atoms. The molecule has 7 heteroatoms. The highest BCUT2D eigenvalue weighted by Gasteiger charge is 2.42. The Morgan fingerprint density at radius 3 is 2.64 bits per heavy atom. The van der Waals surface area contributed by atoms with Crippen molar-refractivity contribution < 1.29 is 14.6 Å². The predicted molar refractivity (Wildman–Crippen MR) is 105 cm³/mol. The number of carbonyl (C=O) groups is 1. The highest BCUT2D eigenvalue weighted by Crippen LogP contribution is 2.43. The van der Waals surface area contributed by atoms with Gasteiger partial charge in [-0.05, 0) is 69.0 Å². The lowest BCUT2D eigenvalue weighted by Gasteiger charge is -2.33. The van der Waals surface area contributed by atoms with Gasteiger partial charge in [0.25, 0.3) is 0 Å². The van der Waals surface area contributed by atoms with Crippen molar-refractivity contribution in [1.82, 2.24) is 19.6 Å². The molecule has 3 aromatic heterocycles. The maximum atomic E-state index is 12.7. The van der Waals surface area contributed by atoms with E-state index in [2.05, 4.69) is 15.2 Å². The summed E-state index contributed by atoms with van der Waals surface area (Å²) in [5, 5.41) is 18.2. The summed E-state index contributed by atoms with van der Waals surface area (Å²) in [6.07, 6.45) is 3.64. The summed E-state index contributed by atoms with van der Waals surface area (Å²) in [6, 6.07) is 3.84. The third kappa shape index (κ3) is 3.16. The molecule has 0 amide bonds. The van der Waals surface area contributed by atoms with E-state index in [1.807, 2.05) is 57.3 Å². The van der Waals surface area contributed by atoms with Crippen LogP contribution in [0.25, 0.3) is 5.65 Å². The second kappa shape index (κ2) is 7.31. The number of pyridine rings is 2. The van der Waals surface area contributed by atoms with Crippen LogP contribution in [0.2, 0.25) is 0 Å². The summed E-state index contributed by atoms with van der Waals surface area (Å²) >= 11 is 0. The molecule has 0 radical (unpaired) electrons. The molecule has 0 fully saturated rings. The van der Waals surface area contributed by atoms with Crippen LogP contribution in [0.15, 0.2) is 24.5 Å². The van der Waals surface area contributed by atoms with Crippen LogP contribution in [0.3, 0.4) is 0 Å². The number of ether oxygens (including phenoxy) is 1. The number of hydrogen-bond acceptors (Lipinski definition) is 6. The Bertz CT molecular complexity index is 1040. The molecule has 1 N–H and O–H groups in total. The van der Waals surface area contributed by atoms with E-state index in [1.165, 1.54) is 7.11 Å². The minimum atomic E-state index is -0.887. The quantitative estimate of drug-likeness (QED) is 0.683. The lowest BCUT2D eigenvalue weighted by atomic mass is 9.71. The van der Waals surface area contributed by atoms with Gasteiger partial charge in [0.05, 0.1) is 19.1 Å². The van der Waals surface area contributed by atoms with Crippen molar-refractivity contribution in [2.45, 2.75) is 47.1 Å². The van der Waals surface area contributed by atoms with Gasteiger partial charge in [0.2, 0.25) is 0 Å². The molecular formula is C21H26N4O3. The summed E-state index contributed by atoms with van der Waals surface area (Å²) in [5.41, 5.74) is 4.10. The molecule has 148 valence electrons. The van der Waals surface area contributed by atoms with Gasteiger partial charge < -0.3 is 9.84 Å². The maximum absolute atomic E-state index is 12.7. The predicted octanol–water partition coefficient (Wildman–Crippen LogP) is 2.87. The molecule has 3 rings (SSSR count). The molecule has 0 aromatic carbocycles. The lowest BCUT2D eigenvalue weighted by Crippen LogP contribution is -2.34. The standard InChI is InChI=1S/C21H26N4O3/c1-12-10-22-17(9-15(12)11-26)18(21(4,5)20(27)28-6)16-7-8-25-14(3)23-24-19(25)13(16)2/h7-10,18,26H,11H2,1-6H3. The number of aromatic nitrogens is 4. The first-order chi connectivity index (χ1) is 13.2. The highest BCUT2D eigenvalue weighted by atomic mass is 16.5. The Kier molecular flexibility index (Phi) is 5.21. The van der Waals surface area contributed by atoms with Crippen LogP contribution in [0.1, 0.15) is 53.5 Å². The van der Waals surface area contributed by atoms with E-state index >= 15 is 0 Å². The third-order valence-corrected chi connectivity index (χ3v) is 5.48. The van der Waals surface area contributed by atoms with E-state index in [-0.39, 0.29) is 18.5 Å². The van der Waals surface area contributed by atoms with E-state index in [4.69, 9.17) is 4.74 Å². The molecule has 7 nitrogen and oxygen atoms in total. The van der Waals surface area contributed by atoms with E-state index in [0.717, 1.165) is 33.7 Å². The number of aliphatic hydroxyl groups is 1. The molecule has 0 saturated heterocycles. The van der Waals surface area contributed by atoms with Crippen LogP contribution in [-0.4, -0.2) is 37.8 Å². The van der Waals surface area contributed by atoms with Crippen LogP contribution in [-0.2, 0) is 16.1 Å². The van der Waals surface area contributed by atoms with Crippen molar-refractivity contribution in [3.63, 3.8) is 0 Å². The van der Waals surface area contributed by atoms with Gasteiger partial charge in [-0.1, -0.05) is 0 Å². The summed E-state index contributed by atoms with van der Waals surface area (Å²) in [5.74, 6) is 0.0830.